The lowest BCUT2D eigenvalue weighted by Crippen LogP contribution is -2.25. The summed E-state index contributed by atoms with van der Waals surface area (Å²) in [7, 11) is 0. The largest absolute Gasteiger partial charge is 0.463 e. The summed E-state index contributed by atoms with van der Waals surface area (Å²) >= 11 is 0. The fourth-order valence-electron chi connectivity index (χ4n) is 0.567. The number of hydrogen-bond acceptors (Lipinski definition) is 3. The zero-order valence-corrected chi connectivity index (χ0v) is 7.70. The van der Waals surface area contributed by atoms with Gasteiger partial charge in [0.2, 0.25) is 0 Å². The molecule has 2 atom stereocenters. The molecule has 0 aliphatic rings. The normalized spacial score (nSPS) is 14.0. The van der Waals surface area contributed by atoms with Crippen LogP contribution < -0.4 is 11.5 Å². The lowest BCUT2D eigenvalue weighted by Gasteiger charge is -2.16. The van der Waals surface area contributed by atoms with Crippen LogP contribution >= 0.6 is 0 Å². The first-order valence-corrected chi connectivity index (χ1v) is 3.84. The molecular formula is C10H16N2O. The molecule has 3 nitrogen and oxygen atoms in total. The van der Waals surface area contributed by atoms with Gasteiger partial charge in [0, 0.05) is 0 Å². The molecule has 0 rings (SSSR count). The van der Waals surface area contributed by atoms with E-state index in [4.69, 9.17) is 16.2 Å². The summed E-state index contributed by atoms with van der Waals surface area (Å²) in [5.41, 5.74) is 11.1. The van der Waals surface area contributed by atoms with Crippen LogP contribution in [0.15, 0.2) is 50.0 Å². The summed E-state index contributed by atoms with van der Waals surface area (Å²) in [6.45, 7) is 14.2. The Hall–Kier alpha value is -1.32. The lowest BCUT2D eigenvalue weighted by atomic mass is 10.2. The second-order valence-corrected chi connectivity index (χ2v) is 2.56. The molecule has 3 heteroatoms. The van der Waals surface area contributed by atoms with Gasteiger partial charge in [-0.25, -0.2) is 0 Å². The molecule has 0 saturated carbocycles. The Morgan fingerprint density at radius 3 is 1.54 bits per heavy atom. The first-order valence-electron chi connectivity index (χ1n) is 3.84. The van der Waals surface area contributed by atoms with Gasteiger partial charge in [-0.1, -0.05) is 25.3 Å². The maximum Gasteiger partial charge on any atom is 0.117 e. The quantitative estimate of drug-likeness (QED) is 0.474. The zero-order valence-electron chi connectivity index (χ0n) is 7.70. The van der Waals surface area contributed by atoms with Crippen molar-refractivity contribution in [1.29, 1.82) is 0 Å². The minimum absolute atomic E-state index is 0.373. The third-order valence-electron chi connectivity index (χ3n) is 1.51. The highest BCUT2D eigenvalue weighted by Gasteiger charge is 2.09. The summed E-state index contributed by atoms with van der Waals surface area (Å²) in [6, 6.07) is -0.817. The second kappa shape index (κ2) is 5.35. The Morgan fingerprint density at radius 2 is 1.31 bits per heavy atom. The van der Waals surface area contributed by atoms with Crippen molar-refractivity contribution in [1.82, 2.24) is 0 Å². The van der Waals surface area contributed by atoms with Gasteiger partial charge in [0.1, 0.15) is 11.5 Å². The van der Waals surface area contributed by atoms with Crippen LogP contribution in [0.5, 0.6) is 0 Å². The molecule has 0 aromatic heterocycles. The number of nitrogens with two attached hydrogens (primary N) is 2. The maximum absolute atomic E-state index is 5.56. The van der Waals surface area contributed by atoms with E-state index in [1.165, 1.54) is 12.2 Å². The topological polar surface area (TPSA) is 61.3 Å². The Balaban J connectivity index is 4.13. The van der Waals surface area contributed by atoms with E-state index in [2.05, 4.69) is 26.3 Å². The minimum Gasteiger partial charge on any atom is -0.463 e. The van der Waals surface area contributed by atoms with Crippen molar-refractivity contribution in [3.8, 4) is 0 Å². The van der Waals surface area contributed by atoms with E-state index in [1.54, 1.807) is 0 Å². The van der Waals surface area contributed by atoms with Crippen LogP contribution in [0.2, 0.25) is 0 Å². The van der Waals surface area contributed by atoms with E-state index in [-0.39, 0.29) is 0 Å². The highest BCUT2D eigenvalue weighted by Crippen LogP contribution is 2.09. The van der Waals surface area contributed by atoms with Gasteiger partial charge in [-0.05, 0) is 0 Å². The highest BCUT2D eigenvalue weighted by atomic mass is 16.5. The maximum atomic E-state index is 5.56. The molecule has 4 N–H and O–H groups in total. The van der Waals surface area contributed by atoms with Crippen LogP contribution in [-0.2, 0) is 4.74 Å². The molecule has 0 aliphatic heterocycles. The van der Waals surface area contributed by atoms with Crippen molar-refractivity contribution in [2.75, 3.05) is 0 Å². The fraction of sp³-hybridized carbons (Fsp3) is 0.200. The van der Waals surface area contributed by atoms with E-state index in [9.17, 15) is 0 Å². The molecule has 0 aromatic rings. The molecule has 0 amide bonds. The van der Waals surface area contributed by atoms with Crippen molar-refractivity contribution >= 4 is 0 Å². The second-order valence-electron chi connectivity index (χ2n) is 2.56. The molecule has 0 spiro atoms. The van der Waals surface area contributed by atoms with E-state index < -0.39 is 12.1 Å². The average molecular weight is 180 g/mol. The van der Waals surface area contributed by atoms with Crippen LogP contribution in [-0.4, -0.2) is 12.1 Å². The predicted molar refractivity (Wildman–Crippen MR) is 55.7 cm³/mol. The molecule has 72 valence electrons. The Morgan fingerprint density at radius 1 is 1.00 bits per heavy atom. The van der Waals surface area contributed by atoms with Crippen molar-refractivity contribution in [2.45, 2.75) is 12.1 Å². The Bertz CT molecular complexity index is 209. The standard InChI is InChI=1S/C10H16N2O/c1-5-9(11)7(3)13-8(4)10(12)6-2/h5-6,9-10H,1-4,11-12H2. The van der Waals surface area contributed by atoms with Crippen LogP contribution in [0.3, 0.4) is 0 Å². The summed E-state index contributed by atoms with van der Waals surface area (Å²) in [5, 5.41) is 0. The highest BCUT2D eigenvalue weighted by molar-refractivity contribution is 5.12. The van der Waals surface area contributed by atoms with Crippen molar-refractivity contribution in [2.24, 2.45) is 11.5 Å². The van der Waals surface area contributed by atoms with Crippen LogP contribution in [0.1, 0.15) is 0 Å². The predicted octanol–water partition coefficient (Wildman–Crippen LogP) is 1.06. The first kappa shape index (κ1) is 11.7. The monoisotopic (exact) mass is 180 g/mol. The lowest BCUT2D eigenvalue weighted by molar-refractivity contribution is 0.276. The fourth-order valence-corrected chi connectivity index (χ4v) is 0.567. The number of ether oxygens (including phenoxy) is 1. The third-order valence-corrected chi connectivity index (χ3v) is 1.51. The summed E-state index contributed by atoms with van der Waals surface area (Å²) in [6.07, 6.45) is 3.05. The van der Waals surface area contributed by atoms with Gasteiger partial charge in [0.05, 0.1) is 12.1 Å². The van der Waals surface area contributed by atoms with Gasteiger partial charge in [0.25, 0.3) is 0 Å². The average Bonchev–Trinajstić information content (AvgIpc) is 2.14. The Kier molecular flexibility index (Phi) is 4.80. The van der Waals surface area contributed by atoms with Crippen molar-refractivity contribution in [3.63, 3.8) is 0 Å². The van der Waals surface area contributed by atoms with E-state index in [1.807, 2.05) is 0 Å². The van der Waals surface area contributed by atoms with Crippen LogP contribution in [0.25, 0.3) is 0 Å². The summed E-state index contributed by atoms with van der Waals surface area (Å²) in [5.74, 6) is 0.745. The van der Waals surface area contributed by atoms with Crippen LogP contribution in [0.4, 0.5) is 0 Å². The molecular weight excluding hydrogens is 164 g/mol. The van der Waals surface area contributed by atoms with E-state index >= 15 is 0 Å². The molecule has 13 heavy (non-hydrogen) atoms. The van der Waals surface area contributed by atoms with Gasteiger partial charge >= 0.3 is 0 Å². The molecule has 0 bridgehead atoms. The molecule has 0 saturated heterocycles. The number of rotatable bonds is 6. The molecule has 2 unspecified atom stereocenters. The van der Waals surface area contributed by atoms with E-state index in [0.717, 1.165) is 0 Å². The molecule has 0 fully saturated rings. The van der Waals surface area contributed by atoms with Gasteiger partial charge in [-0.3, -0.25) is 0 Å². The van der Waals surface area contributed by atoms with Gasteiger partial charge in [-0.15, -0.1) is 13.2 Å². The van der Waals surface area contributed by atoms with Crippen molar-refractivity contribution < 1.29 is 4.74 Å². The SMILES string of the molecule is C=CC(N)C(=C)OC(=C)C(N)C=C. The van der Waals surface area contributed by atoms with Crippen LogP contribution in [0, 0.1) is 0 Å². The molecule has 0 aromatic carbocycles. The molecule has 0 heterocycles. The van der Waals surface area contributed by atoms with Gasteiger partial charge < -0.3 is 16.2 Å². The summed E-state index contributed by atoms with van der Waals surface area (Å²) < 4.78 is 5.17. The summed E-state index contributed by atoms with van der Waals surface area (Å²) in [4.78, 5) is 0. The van der Waals surface area contributed by atoms with Gasteiger partial charge in [-0.2, -0.15) is 0 Å². The third kappa shape index (κ3) is 3.73. The minimum atomic E-state index is -0.409. The first-order chi connectivity index (χ1) is 6.02. The van der Waals surface area contributed by atoms with Gasteiger partial charge in [0.15, 0.2) is 0 Å². The van der Waals surface area contributed by atoms with Crippen molar-refractivity contribution in [3.05, 3.63) is 50.0 Å². The van der Waals surface area contributed by atoms with E-state index in [0.29, 0.717) is 11.5 Å². The zero-order chi connectivity index (χ0) is 10.4. The molecule has 0 radical (unpaired) electrons. The number of hydrogen-bond donors (Lipinski definition) is 2. The smallest absolute Gasteiger partial charge is 0.117 e. The molecule has 0 aliphatic carbocycles. The Labute approximate surface area is 79.1 Å².